The van der Waals surface area contributed by atoms with Crippen LogP contribution in [-0.4, -0.2) is 9.13 Å². The minimum Gasteiger partial charge on any atom is -0.309 e. The van der Waals surface area contributed by atoms with Crippen molar-refractivity contribution >= 4 is 43.6 Å². The number of para-hydroxylation sites is 4. The molecule has 0 atom stereocenters. The summed E-state index contributed by atoms with van der Waals surface area (Å²) in [5.41, 5.74) is 12.1. The molecular formula is C42H28N2. The molecule has 2 heterocycles. The first-order valence-corrected chi connectivity index (χ1v) is 15.1. The molecule has 44 heavy (non-hydrogen) atoms. The van der Waals surface area contributed by atoms with Gasteiger partial charge in [-0.25, -0.2) is 0 Å². The van der Waals surface area contributed by atoms with Gasteiger partial charge in [0.15, 0.2) is 0 Å². The van der Waals surface area contributed by atoms with Gasteiger partial charge in [-0.1, -0.05) is 115 Å². The lowest BCUT2D eigenvalue weighted by Gasteiger charge is -2.10. The Balaban J connectivity index is 1.07. The zero-order valence-electron chi connectivity index (χ0n) is 24.1. The van der Waals surface area contributed by atoms with Crippen molar-refractivity contribution in [2.45, 2.75) is 0 Å². The molecule has 0 N–H and O–H groups in total. The van der Waals surface area contributed by atoms with E-state index in [0.717, 1.165) is 0 Å². The highest BCUT2D eigenvalue weighted by Crippen LogP contribution is 2.36. The first-order valence-electron chi connectivity index (χ1n) is 15.1. The number of rotatable bonds is 4. The molecule has 0 aliphatic rings. The van der Waals surface area contributed by atoms with Crippen molar-refractivity contribution in [1.29, 1.82) is 0 Å². The third-order valence-electron chi connectivity index (χ3n) is 8.94. The number of hydrogen-bond acceptors (Lipinski definition) is 0. The summed E-state index contributed by atoms with van der Waals surface area (Å²) in [5, 5.41) is 5.11. The molecule has 206 valence electrons. The molecule has 9 rings (SSSR count). The van der Waals surface area contributed by atoms with Crippen LogP contribution in [0.15, 0.2) is 170 Å². The van der Waals surface area contributed by atoms with E-state index in [2.05, 4.69) is 179 Å². The van der Waals surface area contributed by atoms with Gasteiger partial charge >= 0.3 is 0 Å². The van der Waals surface area contributed by atoms with Crippen molar-refractivity contribution in [2.75, 3.05) is 0 Å². The molecule has 0 radical (unpaired) electrons. The SMILES string of the molecule is c1ccc(-n2c3ccccc3c3cc(-c4ccc(-c5ccc(-n6c7ccccc7c7ccccc76)cc5)cc4)ccc32)cc1. The summed E-state index contributed by atoms with van der Waals surface area (Å²) in [6.45, 7) is 0. The highest BCUT2D eigenvalue weighted by Gasteiger charge is 2.14. The second-order valence-corrected chi connectivity index (χ2v) is 11.4. The molecule has 0 aliphatic carbocycles. The van der Waals surface area contributed by atoms with Crippen molar-refractivity contribution in [3.8, 4) is 33.6 Å². The molecule has 0 spiro atoms. The van der Waals surface area contributed by atoms with Gasteiger partial charge in [-0.2, -0.15) is 0 Å². The van der Waals surface area contributed by atoms with Gasteiger partial charge in [0.2, 0.25) is 0 Å². The van der Waals surface area contributed by atoms with E-state index < -0.39 is 0 Å². The average molecular weight is 561 g/mol. The standard InChI is InChI=1S/C42H28N2/c1-2-10-33(11-3-1)43-41-17-9-6-14-37(41)38-28-32(24-27-42(38)43)31-20-18-29(19-21-31)30-22-25-34(26-23-30)44-39-15-7-4-12-35(39)36-13-5-8-16-40(36)44/h1-28H. The Morgan fingerprint density at radius 1 is 0.250 bits per heavy atom. The molecule has 7 aromatic carbocycles. The molecule has 0 bridgehead atoms. The van der Waals surface area contributed by atoms with Gasteiger partial charge in [0, 0.05) is 32.9 Å². The van der Waals surface area contributed by atoms with Crippen LogP contribution in [0.3, 0.4) is 0 Å². The van der Waals surface area contributed by atoms with E-state index in [1.165, 1.54) is 77.2 Å². The van der Waals surface area contributed by atoms with Crippen LogP contribution in [0.5, 0.6) is 0 Å². The maximum absolute atomic E-state index is 2.36. The normalized spacial score (nSPS) is 11.6. The molecule has 9 aromatic rings. The monoisotopic (exact) mass is 560 g/mol. The molecule has 0 saturated heterocycles. The molecule has 2 heteroatoms. The van der Waals surface area contributed by atoms with Crippen LogP contribution in [0.1, 0.15) is 0 Å². The highest BCUT2D eigenvalue weighted by molar-refractivity contribution is 6.11. The predicted octanol–water partition coefficient (Wildman–Crippen LogP) is 11.2. The Bertz CT molecular complexity index is 2410. The molecule has 0 amide bonds. The predicted molar refractivity (Wildman–Crippen MR) is 186 cm³/mol. The summed E-state index contributed by atoms with van der Waals surface area (Å²) in [6, 6.07) is 61.4. The van der Waals surface area contributed by atoms with Gasteiger partial charge in [-0.15, -0.1) is 0 Å². The fourth-order valence-electron chi connectivity index (χ4n) is 6.87. The summed E-state index contributed by atoms with van der Waals surface area (Å²) in [6.07, 6.45) is 0. The van der Waals surface area contributed by atoms with Crippen LogP contribution in [0, 0.1) is 0 Å². The molecule has 0 unspecified atom stereocenters. The number of fused-ring (bicyclic) bond motifs is 6. The van der Waals surface area contributed by atoms with Gasteiger partial charge in [0.25, 0.3) is 0 Å². The molecular weight excluding hydrogens is 532 g/mol. The fourth-order valence-corrected chi connectivity index (χ4v) is 6.87. The second kappa shape index (κ2) is 9.86. The lowest BCUT2D eigenvalue weighted by molar-refractivity contribution is 1.18. The molecule has 0 aliphatic heterocycles. The van der Waals surface area contributed by atoms with Crippen molar-refractivity contribution in [1.82, 2.24) is 9.13 Å². The minimum absolute atomic E-state index is 1.17. The van der Waals surface area contributed by atoms with Crippen LogP contribution >= 0.6 is 0 Å². The van der Waals surface area contributed by atoms with Gasteiger partial charge in [-0.05, 0) is 76.9 Å². The van der Waals surface area contributed by atoms with E-state index in [1.807, 2.05) is 0 Å². The Labute approximate surface area is 255 Å². The smallest absolute Gasteiger partial charge is 0.0541 e. The van der Waals surface area contributed by atoms with Crippen LogP contribution in [0.2, 0.25) is 0 Å². The van der Waals surface area contributed by atoms with Crippen molar-refractivity contribution in [3.63, 3.8) is 0 Å². The van der Waals surface area contributed by atoms with Crippen molar-refractivity contribution < 1.29 is 0 Å². The van der Waals surface area contributed by atoms with E-state index in [9.17, 15) is 0 Å². The van der Waals surface area contributed by atoms with Crippen LogP contribution in [0.4, 0.5) is 0 Å². The van der Waals surface area contributed by atoms with Gasteiger partial charge in [0.05, 0.1) is 22.1 Å². The Kier molecular flexibility index (Phi) is 5.54. The molecule has 2 nitrogen and oxygen atoms in total. The van der Waals surface area contributed by atoms with Gasteiger partial charge in [-0.3, -0.25) is 0 Å². The summed E-state index contributed by atoms with van der Waals surface area (Å²) in [4.78, 5) is 0. The van der Waals surface area contributed by atoms with E-state index in [0.29, 0.717) is 0 Å². The van der Waals surface area contributed by atoms with E-state index in [-0.39, 0.29) is 0 Å². The minimum atomic E-state index is 1.17. The number of aromatic nitrogens is 2. The number of benzene rings is 7. The summed E-state index contributed by atoms with van der Waals surface area (Å²) in [7, 11) is 0. The Morgan fingerprint density at radius 2 is 0.614 bits per heavy atom. The maximum atomic E-state index is 2.36. The number of hydrogen-bond donors (Lipinski definition) is 0. The zero-order chi connectivity index (χ0) is 29.0. The highest BCUT2D eigenvalue weighted by atomic mass is 15.0. The Hall–Kier alpha value is -5.86. The third-order valence-corrected chi connectivity index (χ3v) is 8.94. The van der Waals surface area contributed by atoms with Gasteiger partial charge in [0.1, 0.15) is 0 Å². The second-order valence-electron chi connectivity index (χ2n) is 11.4. The van der Waals surface area contributed by atoms with Crippen LogP contribution in [-0.2, 0) is 0 Å². The first-order chi connectivity index (χ1) is 21.8. The van der Waals surface area contributed by atoms with E-state index in [1.54, 1.807) is 0 Å². The lowest BCUT2D eigenvalue weighted by Crippen LogP contribution is -1.93. The van der Waals surface area contributed by atoms with E-state index in [4.69, 9.17) is 0 Å². The molecule has 2 aromatic heterocycles. The largest absolute Gasteiger partial charge is 0.309 e. The summed E-state index contributed by atoms with van der Waals surface area (Å²) >= 11 is 0. The first kappa shape index (κ1) is 24.7. The van der Waals surface area contributed by atoms with Crippen LogP contribution < -0.4 is 0 Å². The third kappa shape index (κ3) is 3.82. The quantitative estimate of drug-likeness (QED) is 0.203. The average Bonchev–Trinajstić information content (AvgIpc) is 3.62. The molecule has 0 saturated carbocycles. The summed E-state index contributed by atoms with van der Waals surface area (Å²) < 4.78 is 4.73. The maximum Gasteiger partial charge on any atom is 0.0541 e. The lowest BCUT2D eigenvalue weighted by atomic mass is 9.99. The van der Waals surface area contributed by atoms with Crippen molar-refractivity contribution in [3.05, 3.63) is 170 Å². The van der Waals surface area contributed by atoms with Crippen molar-refractivity contribution in [2.24, 2.45) is 0 Å². The topological polar surface area (TPSA) is 9.86 Å². The van der Waals surface area contributed by atoms with Crippen LogP contribution in [0.25, 0.3) is 77.2 Å². The fraction of sp³-hybridized carbons (Fsp3) is 0. The van der Waals surface area contributed by atoms with E-state index >= 15 is 0 Å². The Morgan fingerprint density at radius 3 is 1.16 bits per heavy atom. The number of nitrogens with zero attached hydrogens (tertiary/aromatic N) is 2. The zero-order valence-corrected chi connectivity index (χ0v) is 24.1. The van der Waals surface area contributed by atoms with Gasteiger partial charge < -0.3 is 9.13 Å². The summed E-state index contributed by atoms with van der Waals surface area (Å²) in [5.74, 6) is 0. The molecule has 0 fully saturated rings.